The van der Waals surface area contributed by atoms with Crippen LogP contribution in [0.3, 0.4) is 0 Å². The molecule has 0 aromatic heterocycles. The minimum Gasteiger partial charge on any atom is -0.444 e. The van der Waals surface area contributed by atoms with Gasteiger partial charge in [0.1, 0.15) is 5.60 Å². The van der Waals surface area contributed by atoms with Crippen LogP contribution in [0.5, 0.6) is 0 Å². The molecule has 0 aromatic carbocycles. The minimum atomic E-state index is -0.450. The van der Waals surface area contributed by atoms with Gasteiger partial charge in [0.25, 0.3) is 0 Å². The lowest BCUT2D eigenvalue weighted by molar-refractivity contribution is 0.0175. The number of nitrogens with zero attached hydrogens (tertiary/aromatic N) is 1. The Balaban J connectivity index is 2.37. The molecule has 0 aromatic rings. The van der Waals surface area contributed by atoms with Crippen molar-refractivity contribution in [1.29, 1.82) is 0 Å². The average molecular weight is 216 g/mol. The fourth-order valence-electron chi connectivity index (χ4n) is 1.60. The van der Waals surface area contributed by atoms with Gasteiger partial charge in [-0.05, 0) is 39.5 Å². The Hall–Kier alpha value is -0.800. The molecule has 1 amide bonds. The van der Waals surface area contributed by atoms with Gasteiger partial charge in [-0.2, -0.15) is 0 Å². The van der Waals surface area contributed by atoms with Crippen LogP contribution in [0.2, 0.25) is 0 Å². The lowest BCUT2D eigenvalue weighted by Crippen LogP contribution is -2.42. The zero-order valence-electron chi connectivity index (χ0n) is 9.75. The standard InChI is InChI=1S/C11H20FNO2/c1-11(2,3)15-10(14)13-6-4-9(8-12)5-7-13/h9H,4-8H2,1-3H3/i12-1. The minimum absolute atomic E-state index is 0.128. The molecule has 1 saturated heterocycles. The maximum absolute atomic E-state index is 12.3. The molecule has 1 aliphatic rings. The molecule has 1 fully saturated rings. The van der Waals surface area contributed by atoms with Crippen molar-refractivity contribution in [1.82, 2.24) is 4.90 Å². The van der Waals surface area contributed by atoms with Gasteiger partial charge in [0.15, 0.2) is 0 Å². The highest BCUT2D eigenvalue weighted by Crippen LogP contribution is 2.19. The molecule has 0 unspecified atom stereocenters. The van der Waals surface area contributed by atoms with Gasteiger partial charge in [0, 0.05) is 13.1 Å². The van der Waals surface area contributed by atoms with Gasteiger partial charge in [0.05, 0.1) is 6.67 Å². The maximum Gasteiger partial charge on any atom is 0.410 e. The number of halogens is 1. The molecule has 1 heterocycles. The lowest BCUT2D eigenvalue weighted by Gasteiger charge is -2.32. The number of amides is 1. The van der Waals surface area contributed by atoms with Gasteiger partial charge in [-0.15, -0.1) is 0 Å². The van der Waals surface area contributed by atoms with E-state index >= 15 is 0 Å². The zero-order chi connectivity index (χ0) is 11.5. The van der Waals surface area contributed by atoms with Gasteiger partial charge >= 0.3 is 6.09 Å². The molecule has 1 rings (SSSR count). The van der Waals surface area contributed by atoms with Gasteiger partial charge in [-0.1, -0.05) is 0 Å². The second-order valence-corrected chi connectivity index (χ2v) is 5.07. The Morgan fingerprint density at radius 3 is 2.33 bits per heavy atom. The molecule has 0 bridgehead atoms. The average Bonchev–Trinajstić information content (AvgIpc) is 2.15. The Labute approximate surface area is 90.6 Å². The number of ether oxygens (including phenoxy) is 1. The molecule has 15 heavy (non-hydrogen) atoms. The topological polar surface area (TPSA) is 29.5 Å². The first-order valence-electron chi connectivity index (χ1n) is 5.46. The van der Waals surface area contributed by atoms with Crippen molar-refractivity contribution in [2.24, 2.45) is 5.92 Å². The number of rotatable bonds is 1. The highest BCUT2D eigenvalue weighted by Gasteiger charge is 2.26. The molecule has 0 spiro atoms. The first-order chi connectivity index (χ1) is 6.92. The number of carbonyl (C=O) groups is 1. The molecule has 0 saturated carbocycles. The number of piperidine rings is 1. The van der Waals surface area contributed by atoms with E-state index in [-0.39, 0.29) is 18.7 Å². The van der Waals surface area contributed by atoms with Gasteiger partial charge in [0.2, 0.25) is 0 Å². The highest BCUT2D eigenvalue weighted by molar-refractivity contribution is 5.68. The number of alkyl halides is 1. The summed E-state index contributed by atoms with van der Waals surface area (Å²) in [5.41, 5.74) is -0.450. The summed E-state index contributed by atoms with van der Waals surface area (Å²) in [7, 11) is 0. The molecule has 4 heteroatoms. The summed E-state index contributed by atoms with van der Waals surface area (Å²) in [6.45, 7) is 6.49. The summed E-state index contributed by atoms with van der Waals surface area (Å²) >= 11 is 0. The molecule has 1 aliphatic heterocycles. The number of likely N-dealkylation sites (tertiary alicyclic amines) is 1. The Morgan fingerprint density at radius 2 is 1.93 bits per heavy atom. The third kappa shape index (κ3) is 4.06. The normalized spacial score (nSPS) is 19.1. The van der Waals surface area contributed by atoms with Crippen LogP contribution < -0.4 is 0 Å². The second kappa shape index (κ2) is 4.81. The van der Waals surface area contributed by atoms with Gasteiger partial charge in [-0.25, -0.2) is 4.79 Å². The predicted molar refractivity (Wildman–Crippen MR) is 56.5 cm³/mol. The van der Waals surface area contributed by atoms with Crippen LogP contribution in [0.25, 0.3) is 0 Å². The zero-order valence-corrected chi connectivity index (χ0v) is 9.75. The fourth-order valence-corrected chi connectivity index (χ4v) is 1.60. The molecule has 3 nitrogen and oxygen atoms in total. The van der Waals surface area contributed by atoms with Gasteiger partial charge in [-0.3, -0.25) is 4.39 Å². The van der Waals surface area contributed by atoms with Crippen molar-refractivity contribution in [3.8, 4) is 0 Å². The van der Waals surface area contributed by atoms with Crippen molar-refractivity contribution < 1.29 is 13.9 Å². The largest absolute Gasteiger partial charge is 0.444 e. The summed E-state index contributed by atoms with van der Waals surface area (Å²) in [6, 6.07) is 0. The van der Waals surface area contributed by atoms with Crippen molar-refractivity contribution in [2.45, 2.75) is 39.2 Å². The van der Waals surface area contributed by atoms with Crippen molar-refractivity contribution >= 4 is 6.09 Å². The monoisotopic (exact) mass is 216 g/mol. The third-order valence-corrected chi connectivity index (χ3v) is 2.48. The van der Waals surface area contributed by atoms with E-state index in [1.165, 1.54) is 0 Å². The van der Waals surface area contributed by atoms with E-state index in [4.69, 9.17) is 4.74 Å². The maximum atomic E-state index is 12.3. The van der Waals surface area contributed by atoms with E-state index in [1.807, 2.05) is 20.8 Å². The second-order valence-electron chi connectivity index (χ2n) is 5.07. The molecular formula is C11H20FNO2. The first-order valence-corrected chi connectivity index (χ1v) is 5.46. The van der Waals surface area contributed by atoms with Crippen molar-refractivity contribution in [3.63, 3.8) is 0 Å². The summed E-state index contributed by atoms with van der Waals surface area (Å²) < 4.78 is 17.6. The van der Waals surface area contributed by atoms with Crippen molar-refractivity contribution in [3.05, 3.63) is 0 Å². The number of hydrogen-bond donors (Lipinski definition) is 0. The smallest absolute Gasteiger partial charge is 0.410 e. The quantitative estimate of drug-likeness (QED) is 0.674. The first kappa shape index (κ1) is 12.3. The van der Waals surface area contributed by atoms with Crippen molar-refractivity contribution in [2.75, 3.05) is 19.8 Å². The molecule has 88 valence electrons. The van der Waals surface area contributed by atoms with Crippen LogP contribution in [0.4, 0.5) is 9.18 Å². The number of hydrogen-bond acceptors (Lipinski definition) is 2. The predicted octanol–water partition coefficient (Wildman–Crippen LogP) is 2.60. The number of carbonyl (C=O) groups excluding carboxylic acids is 1. The molecule has 0 N–H and O–H groups in total. The SMILES string of the molecule is CC(C)(C)OC(=O)N1CCC(C[18F])CC1. The summed E-state index contributed by atoms with van der Waals surface area (Å²) in [5, 5.41) is 0. The molecule has 0 radical (unpaired) electrons. The van der Waals surface area contributed by atoms with Gasteiger partial charge < -0.3 is 9.64 Å². The van der Waals surface area contributed by atoms with Crippen LogP contribution >= 0.6 is 0 Å². The lowest BCUT2D eigenvalue weighted by atomic mass is 9.99. The fraction of sp³-hybridized carbons (Fsp3) is 0.909. The Morgan fingerprint density at radius 1 is 1.40 bits per heavy atom. The molecular weight excluding hydrogens is 196 g/mol. The van der Waals surface area contributed by atoms with E-state index in [0.29, 0.717) is 13.1 Å². The van der Waals surface area contributed by atoms with Crippen LogP contribution in [0.15, 0.2) is 0 Å². The molecule has 0 aliphatic carbocycles. The Kier molecular flexibility index (Phi) is 3.94. The van der Waals surface area contributed by atoms with E-state index in [1.54, 1.807) is 4.90 Å². The summed E-state index contributed by atoms with van der Waals surface area (Å²) in [6.07, 6.45) is 1.21. The Bertz CT molecular complexity index is 217. The third-order valence-electron chi connectivity index (χ3n) is 2.48. The summed E-state index contributed by atoms with van der Waals surface area (Å²) in [5.74, 6) is 0.128. The van der Waals surface area contributed by atoms with Crippen LogP contribution in [-0.2, 0) is 4.74 Å². The molecule has 0 atom stereocenters. The van der Waals surface area contributed by atoms with Crippen LogP contribution in [0, 0.1) is 5.92 Å². The van der Waals surface area contributed by atoms with E-state index < -0.39 is 5.60 Å². The van der Waals surface area contributed by atoms with Crippen LogP contribution in [-0.4, -0.2) is 36.4 Å². The van der Waals surface area contributed by atoms with Crippen LogP contribution in [0.1, 0.15) is 33.6 Å². The van der Waals surface area contributed by atoms with E-state index in [0.717, 1.165) is 12.8 Å². The highest BCUT2D eigenvalue weighted by atomic mass is 18.2. The van der Waals surface area contributed by atoms with E-state index in [9.17, 15) is 9.18 Å². The summed E-state index contributed by atoms with van der Waals surface area (Å²) in [4.78, 5) is 13.3. The van der Waals surface area contributed by atoms with E-state index in [2.05, 4.69) is 0 Å².